The molecule has 0 aliphatic carbocycles. The summed E-state index contributed by atoms with van der Waals surface area (Å²) in [7, 11) is 0. The van der Waals surface area contributed by atoms with Crippen LogP contribution in [0.1, 0.15) is 41.6 Å². The van der Waals surface area contributed by atoms with Gasteiger partial charge in [0.1, 0.15) is 17.1 Å². The van der Waals surface area contributed by atoms with E-state index in [1.54, 1.807) is 0 Å². The second-order valence-electron chi connectivity index (χ2n) is 4.94. The highest BCUT2D eigenvalue weighted by Gasteiger charge is 2.17. The smallest absolute Gasteiger partial charge is 0.170 e. The summed E-state index contributed by atoms with van der Waals surface area (Å²) in [5.74, 6) is -0.304. The Bertz CT molecular complexity index is 570. The van der Waals surface area contributed by atoms with E-state index in [9.17, 15) is 15.0 Å². The van der Waals surface area contributed by atoms with Gasteiger partial charge in [-0.2, -0.15) is 0 Å². The van der Waals surface area contributed by atoms with Crippen LogP contribution < -0.4 is 0 Å². The fourth-order valence-corrected chi connectivity index (χ4v) is 2.23. The summed E-state index contributed by atoms with van der Waals surface area (Å²) in [6.07, 6.45) is 0.970. The van der Waals surface area contributed by atoms with Crippen molar-refractivity contribution in [2.24, 2.45) is 0 Å². The molecule has 2 N–H and O–H groups in total. The van der Waals surface area contributed by atoms with Crippen molar-refractivity contribution in [3.05, 3.63) is 59.7 Å². The second-order valence-corrected chi connectivity index (χ2v) is 4.94. The van der Waals surface area contributed by atoms with Crippen molar-refractivity contribution in [1.82, 2.24) is 0 Å². The molecular weight excluding hydrogens is 252 g/mol. The van der Waals surface area contributed by atoms with E-state index < -0.39 is 0 Å². The molecule has 3 heteroatoms. The number of phenols is 2. The first-order valence-corrected chi connectivity index (χ1v) is 6.68. The van der Waals surface area contributed by atoms with Crippen LogP contribution in [0.5, 0.6) is 11.5 Å². The maximum atomic E-state index is 12.1. The first-order chi connectivity index (χ1) is 9.59. The van der Waals surface area contributed by atoms with Crippen LogP contribution in [0.3, 0.4) is 0 Å². The van der Waals surface area contributed by atoms with Crippen LogP contribution in [0.15, 0.2) is 48.5 Å². The third-order valence-electron chi connectivity index (χ3n) is 3.47. The summed E-state index contributed by atoms with van der Waals surface area (Å²) in [5.41, 5.74) is 1.20. The van der Waals surface area contributed by atoms with Gasteiger partial charge in [0.25, 0.3) is 0 Å². The Kier molecular flexibility index (Phi) is 4.41. The number of ketones is 1. The average molecular weight is 270 g/mol. The van der Waals surface area contributed by atoms with E-state index in [4.69, 9.17) is 0 Å². The minimum atomic E-state index is -0.233. The molecule has 0 heterocycles. The molecule has 3 nitrogen and oxygen atoms in total. The maximum absolute atomic E-state index is 12.1. The molecule has 0 aliphatic heterocycles. The third kappa shape index (κ3) is 3.18. The molecule has 2 aromatic carbocycles. The summed E-state index contributed by atoms with van der Waals surface area (Å²) in [6, 6.07) is 14.3. The number of hydrogen-bond donors (Lipinski definition) is 2. The molecule has 0 fully saturated rings. The predicted molar refractivity (Wildman–Crippen MR) is 78.2 cm³/mol. The zero-order chi connectivity index (χ0) is 14.5. The zero-order valence-electron chi connectivity index (χ0n) is 11.4. The van der Waals surface area contributed by atoms with Gasteiger partial charge in [0.05, 0.1) is 0 Å². The first-order valence-electron chi connectivity index (χ1n) is 6.68. The fourth-order valence-electron chi connectivity index (χ4n) is 2.23. The SMILES string of the molecule is CC(CCC(=O)c1c(O)cccc1O)c1ccccc1. The van der Waals surface area contributed by atoms with Crippen LogP contribution in [-0.2, 0) is 0 Å². The minimum absolute atomic E-state index is 0.0211. The van der Waals surface area contributed by atoms with Crippen molar-refractivity contribution in [1.29, 1.82) is 0 Å². The molecule has 0 aliphatic rings. The van der Waals surface area contributed by atoms with E-state index >= 15 is 0 Å². The number of carbonyl (C=O) groups is 1. The Morgan fingerprint density at radius 3 is 2.20 bits per heavy atom. The van der Waals surface area contributed by atoms with Gasteiger partial charge >= 0.3 is 0 Å². The van der Waals surface area contributed by atoms with Crippen LogP contribution in [0, 0.1) is 0 Å². The van der Waals surface area contributed by atoms with Gasteiger partial charge in [-0.1, -0.05) is 43.3 Å². The van der Waals surface area contributed by atoms with Crippen LogP contribution in [0.25, 0.3) is 0 Å². The van der Waals surface area contributed by atoms with Gasteiger partial charge in [-0.15, -0.1) is 0 Å². The maximum Gasteiger partial charge on any atom is 0.170 e. The standard InChI is InChI=1S/C17H18O3/c1-12(13-6-3-2-4-7-13)10-11-16(20)17-14(18)8-5-9-15(17)19/h2-9,12,18-19H,10-11H2,1H3. The monoisotopic (exact) mass is 270 g/mol. The van der Waals surface area contributed by atoms with Gasteiger partial charge in [-0.05, 0) is 30.0 Å². The lowest BCUT2D eigenvalue weighted by Crippen LogP contribution is -2.03. The quantitative estimate of drug-likeness (QED) is 0.811. The number of Topliss-reactive ketones (excluding diaryl/α,β-unsaturated/α-hetero) is 1. The van der Waals surface area contributed by atoms with Gasteiger partial charge in [0, 0.05) is 6.42 Å². The molecule has 1 unspecified atom stereocenters. The number of phenolic OH excluding ortho intramolecular Hbond substituents is 2. The Morgan fingerprint density at radius 2 is 1.60 bits per heavy atom. The largest absolute Gasteiger partial charge is 0.507 e. The van der Waals surface area contributed by atoms with Gasteiger partial charge in [-0.3, -0.25) is 4.79 Å². The molecule has 0 saturated carbocycles. The second kappa shape index (κ2) is 6.24. The molecule has 0 spiro atoms. The van der Waals surface area contributed by atoms with Crippen LogP contribution in [0.2, 0.25) is 0 Å². The normalized spacial score (nSPS) is 12.1. The van der Waals surface area contributed by atoms with Crippen molar-refractivity contribution in [3.8, 4) is 11.5 Å². The zero-order valence-corrected chi connectivity index (χ0v) is 11.4. The Balaban J connectivity index is 2.03. The molecule has 2 rings (SSSR count). The summed E-state index contributed by atoms with van der Waals surface area (Å²) < 4.78 is 0. The van der Waals surface area contributed by atoms with E-state index in [0.29, 0.717) is 12.8 Å². The van der Waals surface area contributed by atoms with Crippen LogP contribution in [-0.4, -0.2) is 16.0 Å². The number of benzene rings is 2. The lowest BCUT2D eigenvalue weighted by molar-refractivity contribution is 0.0972. The molecule has 0 saturated heterocycles. The van der Waals surface area contributed by atoms with Crippen molar-refractivity contribution >= 4 is 5.78 Å². The number of rotatable bonds is 5. The minimum Gasteiger partial charge on any atom is -0.507 e. The molecule has 104 valence electrons. The van der Waals surface area contributed by atoms with E-state index in [2.05, 4.69) is 6.92 Å². The Hall–Kier alpha value is -2.29. The molecule has 0 aromatic heterocycles. The first kappa shape index (κ1) is 14.1. The highest BCUT2D eigenvalue weighted by Crippen LogP contribution is 2.29. The number of carbonyl (C=O) groups excluding carboxylic acids is 1. The van der Waals surface area contributed by atoms with Crippen molar-refractivity contribution < 1.29 is 15.0 Å². The van der Waals surface area contributed by atoms with Crippen LogP contribution >= 0.6 is 0 Å². The fraction of sp³-hybridized carbons (Fsp3) is 0.235. The summed E-state index contributed by atoms with van der Waals surface area (Å²) in [4.78, 5) is 12.1. The lowest BCUT2D eigenvalue weighted by atomic mass is 9.93. The van der Waals surface area contributed by atoms with E-state index in [-0.39, 0.29) is 28.8 Å². The Morgan fingerprint density at radius 1 is 1.00 bits per heavy atom. The van der Waals surface area contributed by atoms with E-state index in [0.717, 1.165) is 0 Å². The molecule has 0 amide bonds. The molecule has 0 radical (unpaired) electrons. The highest BCUT2D eigenvalue weighted by molar-refractivity contribution is 6.01. The molecule has 0 bridgehead atoms. The van der Waals surface area contributed by atoms with Crippen molar-refractivity contribution in [2.45, 2.75) is 25.7 Å². The van der Waals surface area contributed by atoms with E-state index in [1.807, 2.05) is 30.3 Å². The molecule has 1 atom stereocenters. The summed E-state index contributed by atoms with van der Waals surface area (Å²) in [6.45, 7) is 2.06. The van der Waals surface area contributed by atoms with Gasteiger partial charge in [-0.25, -0.2) is 0 Å². The predicted octanol–water partition coefficient (Wildman–Crippen LogP) is 3.86. The average Bonchev–Trinajstić information content (AvgIpc) is 2.45. The number of aromatic hydroxyl groups is 2. The third-order valence-corrected chi connectivity index (χ3v) is 3.47. The van der Waals surface area contributed by atoms with Gasteiger partial charge in [0.15, 0.2) is 5.78 Å². The van der Waals surface area contributed by atoms with Crippen molar-refractivity contribution in [2.75, 3.05) is 0 Å². The van der Waals surface area contributed by atoms with E-state index in [1.165, 1.54) is 23.8 Å². The molecule has 20 heavy (non-hydrogen) atoms. The summed E-state index contributed by atoms with van der Waals surface area (Å²) in [5, 5.41) is 19.3. The molecule has 2 aromatic rings. The van der Waals surface area contributed by atoms with Crippen LogP contribution in [0.4, 0.5) is 0 Å². The highest BCUT2D eigenvalue weighted by atomic mass is 16.3. The topological polar surface area (TPSA) is 57.5 Å². The van der Waals surface area contributed by atoms with Crippen molar-refractivity contribution in [3.63, 3.8) is 0 Å². The lowest BCUT2D eigenvalue weighted by Gasteiger charge is -2.12. The molecular formula is C17H18O3. The number of hydrogen-bond acceptors (Lipinski definition) is 3. The van der Waals surface area contributed by atoms with Gasteiger partial charge < -0.3 is 10.2 Å². The summed E-state index contributed by atoms with van der Waals surface area (Å²) >= 11 is 0. The van der Waals surface area contributed by atoms with Gasteiger partial charge in [0.2, 0.25) is 0 Å². The Labute approximate surface area is 118 Å².